The lowest BCUT2D eigenvalue weighted by Crippen LogP contribution is -2.27. The predicted molar refractivity (Wildman–Crippen MR) is 71.8 cm³/mol. The second kappa shape index (κ2) is 7.08. The fourth-order valence-electron chi connectivity index (χ4n) is 1.89. The molecule has 5 nitrogen and oxygen atoms in total. The van der Waals surface area contributed by atoms with Gasteiger partial charge in [0.2, 0.25) is 5.75 Å². The Morgan fingerprint density at radius 2 is 1.56 bits per heavy atom. The van der Waals surface area contributed by atoms with E-state index in [1.165, 1.54) is 0 Å². The van der Waals surface area contributed by atoms with Crippen LogP contribution in [-0.4, -0.2) is 42.0 Å². The van der Waals surface area contributed by atoms with Gasteiger partial charge in [0.25, 0.3) is 0 Å². The standard InChI is InChI=1S/C13H22N2O3/c1-14-8-10(15-2)9-6-11(16-3)13(18-5)12(7-9)17-4/h6-7,10,14-15H,8H2,1-5H3/t10-/m0/s1. The Morgan fingerprint density at radius 1 is 1.00 bits per heavy atom. The highest BCUT2D eigenvalue weighted by atomic mass is 16.5. The number of nitrogens with one attached hydrogen (secondary N) is 2. The molecule has 0 saturated carbocycles. The zero-order valence-electron chi connectivity index (χ0n) is 11.7. The lowest BCUT2D eigenvalue weighted by molar-refractivity contribution is 0.323. The smallest absolute Gasteiger partial charge is 0.203 e. The fourth-order valence-corrected chi connectivity index (χ4v) is 1.89. The maximum absolute atomic E-state index is 5.34. The monoisotopic (exact) mass is 254 g/mol. The molecule has 0 fully saturated rings. The number of likely N-dealkylation sites (N-methyl/N-ethyl adjacent to an activating group) is 2. The van der Waals surface area contributed by atoms with E-state index in [0.29, 0.717) is 17.2 Å². The van der Waals surface area contributed by atoms with Gasteiger partial charge in [-0.2, -0.15) is 0 Å². The van der Waals surface area contributed by atoms with Gasteiger partial charge in [0.1, 0.15) is 0 Å². The average molecular weight is 254 g/mol. The SMILES string of the molecule is CNC[C@H](NC)c1cc(OC)c(OC)c(OC)c1. The van der Waals surface area contributed by atoms with Crippen LogP contribution in [0.25, 0.3) is 0 Å². The molecule has 102 valence electrons. The van der Waals surface area contributed by atoms with Gasteiger partial charge in [-0.05, 0) is 31.8 Å². The van der Waals surface area contributed by atoms with Crippen LogP contribution in [0, 0.1) is 0 Å². The summed E-state index contributed by atoms with van der Waals surface area (Å²) in [4.78, 5) is 0. The Hall–Kier alpha value is -1.46. The topological polar surface area (TPSA) is 51.8 Å². The number of hydrogen-bond donors (Lipinski definition) is 2. The molecule has 0 aliphatic heterocycles. The maximum atomic E-state index is 5.34. The molecule has 0 amide bonds. The predicted octanol–water partition coefficient (Wildman–Crippen LogP) is 1.19. The van der Waals surface area contributed by atoms with E-state index in [0.717, 1.165) is 12.1 Å². The number of ether oxygens (including phenoxy) is 3. The average Bonchev–Trinajstić information content (AvgIpc) is 2.42. The lowest BCUT2D eigenvalue weighted by Gasteiger charge is -2.20. The molecule has 2 N–H and O–H groups in total. The van der Waals surface area contributed by atoms with Crippen LogP contribution in [0.3, 0.4) is 0 Å². The van der Waals surface area contributed by atoms with Crippen LogP contribution >= 0.6 is 0 Å². The van der Waals surface area contributed by atoms with Gasteiger partial charge < -0.3 is 24.8 Å². The molecule has 1 rings (SSSR count). The van der Waals surface area contributed by atoms with Crippen LogP contribution in [0.4, 0.5) is 0 Å². The van der Waals surface area contributed by atoms with Crippen molar-refractivity contribution in [3.05, 3.63) is 17.7 Å². The van der Waals surface area contributed by atoms with Gasteiger partial charge in [-0.15, -0.1) is 0 Å². The number of rotatable bonds is 7. The molecule has 0 spiro atoms. The Bertz CT molecular complexity index is 357. The summed E-state index contributed by atoms with van der Waals surface area (Å²) >= 11 is 0. The molecular weight excluding hydrogens is 232 g/mol. The lowest BCUT2D eigenvalue weighted by atomic mass is 10.1. The zero-order valence-corrected chi connectivity index (χ0v) is 11.7. The maximum Gasteiger partial charge on any atom is 0.203 e. The fraction of sp³-hybridized carbons (Fsp3) is 0.538. The van der Waals surface area contributed by atoms with Gasteiger partial charge in [-0.25, -0.2) is 0 Å². The number of hydrogen-bond acceptors (Lipinski definition) is 5. The third-order valence-corrected chi connectivity index (χ3v) is 2.85. The van der Waals surface area contributed by atoms with Crippen molar-refractivity contribution >= 4 is 0 Å². The summed E-state index contributed by atoms with van der Waals surface area (Å²) in [6.07, 6.45) is 0. The minimum Gasteiger partial charge on any atom is -0.493 e. The van der Waals surface area contributed by atoms with Crippen molar-refractivity contribution in [3.8, 4) is 17.2 Å². The van der Waals surface area contributed by atoms with Crippen molar-refractivity contribution in [1.82, 2.24) is 10.6 Å². The van der Waals surface area contributed by atoms with Crippen molar-refractivity contribution in [2.75, 3.05) is 42.0 Å². The van der Waals surface area contributed by atoms with Crippen LogP contribution in [0.1, 0.15) is 11.6 Å². The Labute approximate surface area is 108 Å². The first-order valence-electron chi connectivity index (χ1n) is 5.83. The van der Waals surface area contributed by atoms with E-state index < -0.39 is 0 Å². The van der Waals surface area contributed by atoms with E-state index in [4.69, 9.17) is 14.2 Å². The highest BCUT2D eigenvalue weighted by molar-refractivity contribution is 5.54. The molecule has 18 heavy (non-hydrogen) atoms. The minimum atomic E-state index is 0.184. The summed E-state index contributed by atoms with van der Waals surface area (Å²) in [5.74, 6) is 1.95. The van der Waals surface area contributed by atoms with Gasteiger partial charge >= 0.3 is 0 Å². The van der Waals surface area contributed by atoms with Crippen molar-refractivity contribution < 1.29 is 14.2 Å². The van der Waals surface area contributed by atoms with Crippen LogP contribution in [-0.2, 0) is 0 Å². The third-order valence-electron chi connectivity index (χ3n) is 2.85. The van der Waals surface area contributed by atoms with Crippen molar-refractivity contribution in [2.24, 2.45) is 0 Å². The summed E-state index contributed by atoms with van der Waals surface area (Å²) < 4.78 is 16.0. The van der Waals surface area contributed by atoms with Gasteiger partial charge in [0.15, 0.2) is 11.5 Å². The van der Waals surface area contributed by atoms with Crippen LogP contribution in [0.15, 0.2) is 12.1 Å². The first kappa shape index (κ1) is 14.6. The molecule has 0 aromatic heterocycles. The van der Waals surface area contributed by atoms with E-state index in [9.17, 15) is 0 Å². The first-order chi connectivity index (χ1) is 8.71. The molecular formula is C13H22N2O3. The molecule has 0 heterocycles. The van der Waals surface area contributed by atoms with Crippen LogP contribution < -0.4 is 24.8 Å². The number of methoxy groups -OCH3 is 3. The van der Waals surface area contributed by atoms with E-state index in [2.05, 4.69) is 10.6 Å². The summed E-state index contributed by atoms with van der Waals surface area (Å²) in [6, 6.07) is 4.10. The van der Waals surface area contributed by atoms with Gasteiger partial charge in [-0.3, -0.25) is 0 Å². The van der Waals surface area contributed by atoms with Crippen LogP contribution in [0.5, 0.6) is 17.2 Å². The van der Waals surface area contributed by atoms with E-state index in [1.54, 1.807) is 21.3 Å². The van der Waals surface area contributed by atoms with Crippen molar-refractivity contribution in [1.29, 1.82) is 0 Å². The highest BCUT2D eigenvalue weighted by Gasteiger charge is 2.17. The molecule has 1 atom stereocenters. The van der Waals surface area contributed by atoms with Gasteiger partial charge in [-0.1, -0.05) is 0 Å². The quantitative estimate of drug-likeness (QED) is 0.765. The normalized spacial score (nSPS) is 12.1. The largest absolute Gasteiger partial charge is 0.493 e. The molecule has 1 aromatic carbocycles. The summed E-state index contributed by atoms with van der Waals surface area (Å²) in [5, 5.41) is 6.39. The van der Waals surface area contributed by atoms with Crippen molar-refractivity contribution in [3.63, 3.8) is 0 Å². The zero-order chi connectivity index (χ0) is 13.5. The van der Waals surface area contributed by atoms with Gasteiger partial charge in [0, 0.05) is 12.6 Å². The third kappa shape index (κ3) is 3.05. The van der Waals surface area contributed by atoms with E-state index in [-0.39, 0.29) is 6.04 Å². The first-order valence-corrected chi connectivity index (χ1v) is 5.83. The molecule has 1 aromatic rings. The van der Waals surface area contributed by atoms with Crippen molar-refractivity contribution in [2.45, 2.75) is 6.04 Å². The molecule has 0 aliphatic carbocycles. The summed E-state index contributed by atoms with van der Waals surface area (Å²) in [5.41, 5.74) is 1.08. The molecule has 0 aliphatic rings. The molecule has 0 bridgehead atoms. The Balaban J connectivity index is 3.21. The van der Waals surface area contributed by atoms with E-state index >= 15 is 0 Å². The summed E-state index contributed by atoms with van der Waals surface area (Å²) in [6.45, 7) is 0.815. The molecule has 5 heteroatoms. The highest BCUT2D eigenvalue weighted by Crippen LogP contribution is 2.39. The van der Waals surface area contributed by atoms with Gasteiger partial charge in [0.05, 0.1) is 21.3 Å². The number of benzene rings is 1. The Morgan fingerprint density at radius 3 is 1.89 bits per heavy atom. The molecule has 0 radical (unpaired) electrons. The second-order valence-electron chi connectivity index (χ2n) is 3.86. The summed E-state index contributed by atoms with van der Waals surface area (Å²) in [7, 11) is 8.68. The Kier molecular flexibility index (Phi) is 5.74. The molecule has 0 unspecified atom stereocenters. The van der Waals surface area contributed by atoms with E-state index in [1.807, 2.05) is 26.2 Å². The second-order valence-corrected chi connectivity index (χ2v) is 3.86. The van der Waals surface area contributed by atoms with Crippen LogP contribution in [0.2, 0.25) is 0 Å². The minimum absolute atomic E-state index is 0.184. The molecule has 0 saturated heterocycles.